The van der Waals surface area contributed by atoms with Crippen LogP contribution in [0.25, 0.3) is 4.85 Å². The Hall–Kier alpha value is -1.36. The Bertz CT molecular complexity index is 323. The molecule has 1 nitrogen and oxygen atoms in total. The summed E-state index contributed by atoms with van der Waals surface area (Å²) in [4.78, 5) is 3.17. The molecule has 0 spiro atoms. The second kappa shape index (κ2) is 3.36. The molecule has 0 N–H and O–H groups in total. The van der Waals surface area contributed by atoms with Gasteiger partial charge in [0, 0.05) is 0 Å². The summed E-state index contributed by atoms with van der Waals surface area (Å²) in [5.41, 5.74) is 0.942. The van der Waals surface area contributed by atoms with E-state index in [9.17, 15) is 4.39 Å². The molecular formula is C10H10FN. The molecule has 0 radical (unpaired) electrons. The monoisotopic (exact) mass is 163 g/mol. The molecule has 0 aromatic heterocycles. The quantitative estimate of drug-likeness (QED) is 0.558. The van der Waals surface area contributed by atoms with Gasteiger partial charge in [0.2, 0.25) is 5.69 Å². The fraction of sp³-hybridized carbons (Fsp3) is 0.300. The lowest BCUT2D eigenvalue weighted by Crippen LogP contribution is -1.88. The minimum absolute atomic E-state index is 0.160. The maximum atomic E-state index is 13.0. The highest BCUT2D eigenvalue weighted by molar-refractivity contribution is 5.54. The number of para-hydroxylation sites is 1. The number of halogens is 1. The van der Waals surface area contributed by atoms with Gasteiger partial charge in [-0.2, -0.15) is 0 Å². The molecule has 62 valence electrons. The van der Waals surface area contributed by atoms with E-state index in [1.54, 1.807) is 12.1 Å². The molecule has 12 heavy (non-hydrogen) atoms. The molecule has 0 saturated heterocycles. The largest absolute Gasteiger partial charge is 0.235 e. The lowest BCUT2D eigenvalue weighted by atomic mass is 10.0. The van der Waals surface area contributed by atoms with Crippen LogP contribution in [0.1, 0.15) is 25.3 Å². The minimum atomic E-state index is -0.420. The Morgan fingerprint density at radius 3 is 2.50 bits per heavy atom. The van der Waals surface area contributed by atoms with E-state index in [1.165, 1.54) is 6.07 Å². The van der Waals surface area contributed by atoms with Crippen molar-refractivity contribution in [2.24, 2.45) is 0 Å². The van der Waals surface area contributed by atoms with Crippen molar-refractivity contribution in [2.75, 3.05) is 0 Å². The van der Waals surface area contributed by atoms with Gasteiger partial charge in [-0.25, -0.2) is 9.24 Å². The van der Waals surface area contributed by atoms with Crippen LogP contribution < -0.4 is 0 Å². The van der Waals surface area contributed by atoms with Crippen molar-refractivity contribution < 1.29 is 4.39 Å². The third-order valence-electron chi connectivity index (χ3n) is 1.75. The lowest BCUT2D eigenvalue weighted by Gasteiger charge is -2.07. The fourth-order valence-electron chi connectivity index (χ4n) is 1.12. The van der Waals surface area contributed by atoms with Gasteiger partial charge in [-0.15, -0.1) is 0 Å². The van der Waals surface area contributed by atoms with Crippen LogP contribution in [0.3, 0.4) is 0 Å². The molecule has 0 aliphatic heterocycles. The Morgan fingerprint density at radius 1 is 1.42 bits per heavy atom. The normalized spacial score (nSPS) is 9.92. The highest BCUT2D eigenvalue weighted by Crippen LogP contribution is 2.28. The molecule has 0 aliphatic rings. The van der Waals surface area contributed by atoms with Crippen molar-refractivity contribution in [3.05, 3.63) is 41.0 Å². The predicted octanol–water partition coefficient (Wildman–Crippen LogP) is 3.50. The molecule has 1 aromatic carbocycles. The van der Waals surface area contributed by atoms with Gasteiger partial charge in [0.25, 0.3) is 0 Å². The fourth-order valence-corrected chi connectivity index (χ4v) is 1.12. The van der Waals surface area contributed by atoms with E-state index in [2.05, 4.69) is 4.85 Å². The van der Waals surface area contributed by atoms with Crippen LogP contribution in [0.15, 0.2) is 18.2 Å². The van der Waals surface area contributed by atoms with Crippen LogP contribution in [-0.2, 0) is 0 Å². The van der Waals surface area contributed by atoms with Crippen molar-refractivity contribution in [1.82, 2.24) is 0 Å². The van der Waals surface area contributed by atoms with Crippen molar-refractivity contribution in [2.45, 2.75) is 19.8 Å². The van der Waals surface area contributed by atoms with Gasteiger partial charge in [-0.05, 0) is 17.5 Å². The number of hydrogen-bond donors (Lipinski definition) is 0. The van der Waals surface area contributed by atoms with Crippen molar-refractivity contribution in [1.29, 1.82) is 0 Å². The maximum absolute atomic E-state index is 13.0. The van der Waals surface area contributed by atoms with Gasteiger partial charge in [-0.1, -0.05) is 26.0 Å². The van der Waals surface area contributed by atoms with Gasteiger partial charge >= 0.3 is 0 Å². The summed E-state index contributed by atoms with van der Waals surface area (Å²) in [6.07, 6.45) is 0. The summed E-state index contributed by atoms with van der Waals surface area (Å²) in [6, 6.07) is 4.75. The lowest BCUT2D eigenvalue weighted by molar-refractivity contribution is 0.630. The number of rotatable bonds is 1. The minimum Gasteiger partial charge on any atom is -0.235 e. The first-order valence-electron chi connectivity index (χ1n) is 3.82. The van der Waals surface area contributed by atoms with Gasteiger partial charge in [-0.3, -0.25) is 0 Å². The van der Waals surface area contributed by atoms with Crippen LogP contribution in [0.4, 0.5) is 10.1 Å². The first kappa shape index (κ1) is 8.73. The second-order valence-corrected chi connectivity index (χ2v) is 2.94. The molecule has 1 aromatic rings. The summed E-state index contributed by atoms with van der Waals surface area (Å²) in [7, 11) is 0. The van der Waals surface area contributed by atoms with Crippen LogP contribution in [-0.4, -0.2) is 0 Å². The molecule has 0 fully saturated rings. The topological polar surface area (TPSA) is 4.36 Å². The summed E-state index contributed by atoms with van der Waals surface area (Å²) in [6.45, 7) is 10.7. The molecule has 0 unspecified atom stereocenters. The Morgan fingerprint density at radius 2 is 2.08 bits per heavy atom. The van der Waals surface area contributed by atoms with Crippen molar-refractivity contribution in [3.63, 3.8) is 0 Å². The van der Waals surface area contributed by atoms with Crippen molar-refractivity contribution in [3.8, 4) is 0 Å². The Kier molecular flexibility index (Phi) is 2.44. The molecule has 0 atom stereocenters. The maximum Gasteiger partial charge on any atom is 0.225 e. The first-order valence-corrected chi connectivity index (χ1v) is 3.82. The third kappa shape index (κ3) is 1.45. The zero-order valence-corrected chi connectivity index (χ0v) is 7.13. The van der Waals surface area contributed by atoms with Crippen LogP contribution >= 0.6 is 0 Å². The molecule has 0 saturated carbocycles. The van der Waals surface area contributed by atoms with Crippen LogP contribution in [0, 0.1) is 12.4 Å². The van der Waals surface area contributed by atoms with E-state index in [0.29, 0.717) is 0 Å². The summed E-state index contributed by atoms with van der Waals surface area (Å²) < 4.78 is 13.0. The highest BCUT2D eigenvalue weighted by Gasteiger charge is 2.09. The number of nitrogens with zero attached hydrogens (tertiary/aromatic N) is 1. The number of benzene rings is 1. The van der Waals surface area contributed by atoms with Gasteiger partial charge < -0.3 is 0 Å². The molecule has 0 aliphatic carbocycles. The summed E-state index contributed by atoms with van der Waals surface area (Å²) in [5, 5.41) is 0. The number of hydrogen-bond acceptors (Lipinski definition) is 0. The molecular weight excluding hydrogens is 153 g/mol. The SMILES string of the molecule is [C-]#[N+]c1c(F)cccc1C(C)C. The van der Waals surface area contributed by atoms with E-state index in [4.69, 9.17) is 6.57 Å². The standard InChI is InChI=1S/C10H10FN/c1-7(2)8-5-4-6-9(11)10(8)12-3/h4-7H,1-2H3. The molecule has 2 heteroatoms. The molecule has 0 bridgehead atoms. The predicted molar refractivity (Wildman–Crippen MR) is 46.8 cm³/mol. The second-order valence-electron chi connectivity index (χ2n) is 2.94. The van der Waals surface area contributed by atoms with E-state index in [0.717, 1.165) is 5.56 Å². The van der Waals surface area contributed by atoms with E-state index in [1.807, 2.05) is 13.8 Å². The summed E-state index contributed by atoms with van der Waals surface area (Å²) >= 11 is 0. The van der Waals surface area contributed by atoms with Gasteiger partial charge in [0.05, 0.1) is 6.57 Å². The average Bonchev–Trinajstić information content (AvgIpc) is 2.03. The highest BCUT2D eigenvalue weighted by atomic mass is 19.1. The third-order valence-corrected chi connectivity index (χ3v) is 1.75. The van der Waals surface area contributed by atoms with Crippen molar-refractivity contribution >= 4 is 5.69 Å². The molecule has 1 rings (SSSR count). The zero-order valence-electron chi connectivity index (χ0n) is 7.13. The van der Waals surface area contributed by atoms with E-state index in [-0.39, 0.29) is 11.6 Å². The van der Waals surface area contributed by atoms with E-state index < -0.39 is 5.82 Å². The first-order chi connectivity index (χ1) is 5.66. The Balaban J connectivity index is 3.30. The average molecular weight is 163 g/mol. The Labute approximate surface area is 71.7 Å². The zero-order chi connectivity index (χ0) is 9.14. The van der Waals surface area contributed by atoms with Crippen LogP contribution in [0.2, 0.25) is 0 Å². The smallest absolute Gasteiger partial charge is 0.225 e. The van der Waals surface area contributed by atoms with E-state index >= 15 is 0 Å². The summed E-state index contributed by atoms with van der Waals surface area (Å²) in [5.74, 6) is -0.221. The molecule has 0 amide bonds. The van der Waals surface area contributed by atoms with Gasteiger partial charge in [0.1, 0.15) is 5.82 Å². The van der Waals surface area contributed by atoms with Crippen LogP contribution in [0.5, 0.6) is 0 Å². The van der Waals surface area contributed by atoms with Gasteiger partial charge in [0.15, 0.2) is 0 Å². The molecule has 0 heterocycles.